The molecule has 1 unspecified atom stereocenters. The van der Waals surface area contributed by atoms with E-state index in [1.165, 1.54) is 11.1 Å². The fourth-order valence-electron chi connectivity index (χ4n) is 1.91. The van der Waals surface area contributed by atoms with E-state index in [2.05, 4.69) is 57.3 Å². The first-order valence-corrected chi connectivity index (χ1v) is 7.50. The number of benzene rings is 1. The minimum Gasteiger partial charge on any atom is -0.340 e. The normalized spacial score (nSPS) is 12.5. The van der Waals surface area contributed by atoms with Crippen LogP contribution in [0.2, 0.25) is 0 Å². The van der Waals surface area contributed by atoms with Gasteiger partial charge in [-0.05, 0) is 30.4 Å². The Hall–Kier alpha value is -1.35. The summed E-state index contributed by atoms with van der Waals surface area (Å²) in [6.45, 7) is 9.66. The van der Waals surface area contributed by atoms with Crippen LogP contribution < -0.4 is 5.32 Å². The summed E-state index contributed by atoms with van der Waals surface area (Å²) < 4.78 is 0. The van der Waals surface area contributed by atoms with Crippen LogP contribution in [0.3, 0.4) is 0 Å². The largest absolute Gasteiger partial charge is 0.340 e. The molecule has 0 aliphatic heterocycles. The predicted octanol–water partition coefficient (Wildman–Crippen LogP) is 3.16. The lowest BCUT2D eigenvalue weighted by Gasteiger charge is -2.19. The number of rotatable bonds is 7. The molecule has 3 nitrogen and oxygen atoms in total. The van der Waals surface area contributed by atoms with Gasteiger partial charge in [-0.15, -0.1) is 0 Å². The maximum atomic E-state index is 12.0. The molecular weight excluding hydrogens is 248 g/mol. The summed E-state index contributed by atoms with van der Waals surface area (Å²) in [6.07, 6.45) is 1.04. The number of carbonyl (C=O) groups is 1. The molecule has 0 aromatic heterocycles. The van der Waals surface area contributed by atoms with Crippen LogP contribution in [0.5, 0.6) is 0 Å². The summed E-state index contributed by atoms with van der Waals surface area (Å²) in [5.41, 5.74) is 2.51. The molecule has 0 aliphatic rings. The molecular formula is C17H28N2O. The van der Waals surface area contributed by atoms with Gasteiger partial charge in [0.2, 0.25) is 5.91 Å². The first-order chi connectivity index (χ1) is 9.43. The maximum absolute atomic E-state index is 12.0. The molecule has 1 N–H and O–H groups in total. The lowest BCUT2D eigenvalue weighted by atomic mass is 10.0. The van der Waals surface area contributed by atoms with Gasteiger partial charge in [-0.2, -0.15) is 0 Å². The van der Waals surface area contributed by atoms with Crippen LogP contribution in [0.15, 0.2) is 24.3 Å². The Morgan fingerprint density at radius 1 is 1.20 bits per heavy atom. The second kappa shape index (κ2) is 8.05. The molecule has 112 valence electrons. The first kappa shape index (κ1) is 16.7. The van der Waals surface area contributed by atoms with Gasteiger partial charge >= 0.3 is 0 Å². The Balaban J connectivity index is 2.48. The molecule has 0 heterocycles. The second-order valence-electron chi connectivity index (χ2n) is 5.84. The number of hydrogen-bond acceptors (Lipinski definition) is 2. The Morgan fingerprint density at radius 2 is 1.80 bits per heavy atom. The molecule has 0 saturated carbocycles. The first-order valence-electron chi connectivity index (χ1n) is 7.50. The molecule has 1 atom stereocenters. The zero-order valence-corrected chi connectivity index (χ0v) is 13.4. The van der Waals surface area contributed by atoms with Crippen molar-refractivity contribution in [2.24, 2.45) is 0 Å². The van der Waals surface area contributed by atoms with Crippen LogP contribution in [0.25, 0.3) is 0 Å². The average molecular weight is 276 g/mol. The number of hydrogen-bond donors (Lipinski definition) is 1. The van der Waals surface area contributed by atoms with Gasteiger partial charge in [0, 0.05) is 19.6 Å². The van der Waals surface area contributed by atoms with Crippen molar-refractivity contribution in [1.29, 1.82) is 0 Å². The van der Waals surface area contributed by atoms with E-state index < -0.39 is 0 Å². The SMILES string of the molecule is CCC(C)NCC(=O)N(C)Cc1ccc(C(C)C)cc1. The molecule has 0 spiro atoms. The quantitative estimate of drug-likeness (QED) is 0.829. The average Bonchev–Trinajstić information content (AvgIpc) is 2.44. The van der Waals surface area contributed by atoms with Gasteiger partial charge in [0.25, 0.3) is 0 Å². The van der Waals surface area contributed by atoms with Crippen LogP contribution in [0, 0.1) is 0 Å². The van der Waals surface area contributed by atoms with Crippen molar-refractivity contribution >= 4 is 5.91 Å². The number of nitrogens with one attached hydrogen (secondary N) is 1. The summed E-state index contributed by atoms with van der Waals surface area (Å²) in [5, 5.41) is 3.23. The van der Waals surface area contributed by atoms with Crippen molar-refractivity contribution in [3.63, 3.8) is 0 Å². The van der Waals surface area contributed by atoms with E-state index in [0.717, 1.165) is 6.42 Å². The van der Waals surface area contributed by atoms with E-state index >= 15 is 0 Å². The van der Waals surface area contributed by atoms with E-state index in [1.54, 1.807) is 4.90 Å². The molecule has 1 amide bonds. The molecule has 0 saturated heterocycles. The highest BCUT2D eigenvalue weighted by Gasteiger charge is 2.10. The van der Waals surface area contributed by atoms with Crippen molar-refractivity contribution in [3.05, 3.63) is 35.4 Å². The Bertz CT molecular complexity index is 412. The van der Waals surface area contributed by atoms with E-state index in [0.29, 0.717) is 25.0 Å². The van der Waals surface area contributed by atoms with Crippen LogP contribution in [-0.4, -0.2) is 30.4 Å². The molecule has 1 rings (SSSR count). The van der Waals surface area contributed by atoms with Crippen LogP contribution in [0.1, 0.15) is 51.2 Å². The number of amides is 1. The zero-order valence-electron chi connectivity index (χ0n) is 13.4. The van der Waals surface area contributed by atoms with Gasteiger partial charge < -0.3 is 10.2 Å². The fraction of sp³-hybridized carbons (Fsp3) is 0.588. The van der Waals surface area contributed by atoms with Gasteiger partial charge in [-0.3, -0.25) is 4.79 Å². The van der Waals surface area contributed by atoms with Crippen molar-refractivity contribution in [1.82, 2.24) is 10.2 Å². The standard InChI is InChI=1S/C17H28N2O/c1-6-14(4)18-11-17(20)19(5)12-15-7-9-16(10-8-15)13(2)3/h7-10,13-14,18H,6,11-12H2,1-5H3. The third-order valence-electron chi connectivity index (χ3n) is 3.71. The van der Waals surface area contributed by atoms with Gasteiger partial charge in [0.15, 0.2) is 0 Å². The van der Waals surface area contributed by atoms with E-state index in [1.807, 2.05) is 7.05 Å². The molecule has 20 heavy (non-hydrogen) atoms. The van der Waals surface area contributed by atoms with Crippen molar-refractivity contribution in [2.75, 3.05) is 13.6 Å². The summed E-state index contributed by atoms with van der Waals surface area (Å²) in [4.78, 5) is 13.8. The molecule has 0 aliphatic carbocycles. The summed E-state index contributed by atoms with van der Waals surface area (Å²) in [7, 11) is 1.86. The lowest BCUT2D eigenvalue weighted by molar-refractivity contribution is -0.129. The summed E-state index contributed by atoms with van der Waals surface area (Å²) in [5.74, 6) is 0.682. The Labute approximate surface area is 123 Å². The van der Waals surface area contributed by atoms with Crippen molar-refractivity contribution < 1.29 is 4.79 Å². The minimum atomic E-state index is 0.137. The Kier molecular flexibility index (Phi) is 6.73. The van der Waals surface area contributed by atoms with E-state index in [-0.39, 0.29) is 5.91 Å². The van der Waals surface area contributed by atoms with Crippen LogP contribution in [0.4, 0.5) is 0 Å². The third kappa shape index (κ3) is 5.33. The summed E-state index contributed by atoms with van der Waals surface area (Å²) in [6, 6.07) is 8.91. The van der Waals surface area contributed by atoms with E-state index in [9.17, 15) is 4.79 Å². The third-order valence-corrected chi connectivity index (χ3v) is 3.71. The smallest absolute Gasteiger partial charge is 0.236 e. The summed E-state index contributed by atoms with van der Waals surface area (Å²) >= 11 is 0. The maximum Gasteiger partial charge on any atom is 0.236 e. The number of carbonyl (C=O) groups excluding carboxylic acids is 1. The molecule has 0 fully saturated rings. The number of nitrogens with zero attached hydrogens (tertiary/aromatic N) is 1. The Morgan fingerprint density at radius 3 is 2.30 bits per heavy atom. The second-order valence-corrected chi connectivity index (χ2v) is 5.84. The molecule has 1 aromatic carbocycles. The molecule has 3 heteroatoms. The zero-order chi connectivity index (χ0) is 15.1. The van der Waals surface area contributed by atoms with Crippen molar-refractivity contribution in [2.45, 2.75) is 52.6 Å². The molecule has 0 bridgehead atoms. The monoisotopic (exact) mass is 276 g/mol. The predicted molar refractivity (Wildman–Crippen MR) is 84.8 cm³/mol. The molecule has 0 radical (unpaired) electrons. The fourth-order valence-corrected chi connectivity index (χ4v) is 1.91. The highest BCUT2D eigenvalue weighted by molar-refractivity contribution is 5.78. The van der Waals surface area contributed by atoms with Crippen LogP contribution in [-0.2, 0) is 11.3 Å². The van der Waals surface area contributed by atoms with Gasteiger partial charge in [-0.1, -0.05) is 45.0 Å². The number of likely N-dealkylation sites (N-methyl/N-ethyl adjacent to an activating group) is 1. The van der Waals surface area contributed by atoms with Crippen LogP contribution >= 0.6 is 0 Å². The van der Waals surface area contributed by atoms with Gasteiger partial charge in [0.05, 0.1) is 6.54 Å². The van der Waals surface area contributed by atoms with Gasteiger partial charge in [-0.25, -0.2) is 0 Å². The van der Waals surface area contributed by atoms with Crippen molar-refractivity contribution in [3.8, 4) is 0 Å². The molecule has 1 aromatic rings. The highest BCUT2D eigenvalue weighted by atomic mass is 16.2. The minimum absolute atomic E-state index is 0.137. The highest BCUT2D eigenvalue weighted by Crippen LogP contribution is 2.15. The lowest BCUT2D eigenvalue weighted by Crippen LogP contribution is -2.38. The topological polar surface area (TPSA) is 32.3 Å². The van der Waals surface area contributed by atoms with E-state index in [4.69, 9.17) is 0 Å². The van der Waals surface area contributed by atoms with Gasteiger partial charge in [0.1, 0.15) is 0 Å².